The van der Waals surface area contributed by atoms with Gasteiger partial charge in [-0.3, -0.25) is 14.7 Å². The van der Waals surface area contributed by atoms with E-state index in [0.29, 0.717) is 0 Å². The Morgan fingerprint density at radius 1 is 0.310 bits per heavy atom. The van der Waals surface area contributed by atoms with Crippen LogP contribution in [0.2, 0.25) is 0 Å². The van der Waals surface area contributed by atoms with E-state index in [-0.39, 0.29) is 33.2 Å². The zero-order chi connectivity index (χ0) is 24.2. The third-order valence-electron chi connectivity index (χ3n) is 5.10. The van der Waals surface area contributed by atoms with Crippen LogP contribution in [0.25, 0.3) is 0 Å². The summed E-state index contributed by atoms with van der Waals surface area (Å²) < 4.78 is 0. The Balaban J connectivity index is 7.70. The molecule has 0 aliphatic rings. The summed E-state index contributed by atoms with van der Waals surface area (Å²) in [5.41, 5.74) is -0.562. The molecule has 0 bridgehead atoms. The molecule has 3 nitrogen and oxygen atoms in total. The molecule has 0 saturated carbocycles. The second-order valence-corrected chi connectivity index (χ2v) is 14.8. The fourth-order valence-corrected chi connectivity index (χ4v) is 6.54. The van der Waals surface area contributed by atoms with E-state index in [1.165, 1.54) is 0 Å². The predicted molar refractivity (Wildman–Crippen MR) is 132 cm³/mol. The Bertz CT molecular complexity index is 413. The van der Waals surface area contributed by atoms with Gasteiger partial charge >= 0.3 is 0 Å². The molecule has 175 valence electrons. The maximum Gasteiger partial charge on any atom is 0.133 e. The van der Waals surface area contributed by atoms with E-state index in [1.807, 2.05) is 0 Å². The van der Waals surface area contributed by atoms with E-state index >= 15 is 0 Å². The molecule has 0 heterocycles. The van der Waals surface area contributed by atoms with E-state index in [9.17, 15) is 0 Å². The number of nitrogens with zero attached hydrogens (tertiary/aromatic N) is 3. The zero-order valence-electron chi connectivity index (χ0n) is 23.5. The lowest BCUT2D eigenvalue weighted by molar-refractivity contribution is -0.285. The van der Waals surface area contributed by atoms with Crippen LogP contribution < -0.4 is 0 Å². The van der Waals surface area contributed by atoms with Crippen LogP contribution in [-0.2, 0) is 0 Å². The van der Waals surface area contributed by atoms with Gasteiger partial charge in [0.25, 0.3) is 0 Å². The summed E-state index contributed by atoms with van der Waals surface area (Å²) in [7, 11) is 0. The molecule has 0 N–H and O–H groups in total. The fourth-order valence-electron chi connectivity index (χ4n) is 6.54. The van der Waals surface area contributed by atoms with E-state index in [2.05, 4.69) is 139 Å². The molecule has 0 aromatic rings. The molecule has 0 amide bonds. The molecular formula is C26H56N3. The zero-order valence-corrected chi connectivity index (χ0v) is 23.5. The van der Waals surface area contributed by atoms with Crippen LogP contribution in [0.1, 0.15) is 125 Å². The Morgan fingerprint density at radius 3 is 0.483 bits per heavy atom. The monoisotopic (exact) mass is 410 g/mol. The van der Waals surface area contributed by atoms with Crippen LogP contribution in [0.3, 0.4) is 0 Å². The van der Waals surface area contributed by atoms with E-state index in [4.69, 9.17) is 6.92 Å². The van der Waals surface area contributed by atoms with Crippen molar-refractivity contribution in [3.63, 3.8) is 0 Å². The number of rotatable bonds is 3. The van der Waals surface area contributed by atoms with Crippen molar-refractivity contribution in [3.05, 3.63) is 6.92 Å². The summed E-state index contributed by atoms with van der Waals surface area (Å²) in [6.07, 6.45) is 0. The van der Waals surface area contributed by atoms with Gasteiger partial charge in [0, 0.05) is 33.2 Å². The van der Waals surface area contributed by atoms with Gasteiger partial charge in [-0.1, -0.05) is 0 Å². The van der Waals surface area contributed by atoms with Crippen LogP contribution >= 0.6 is 0 Å². The molecule has 0 aliphatic heterocycles. The normalized spacial score (nSPS) is 16.3. The second kappa shape index (κ2) is 7.78. The number of hydrogen-bond acceptors (Lipinski definition) is 3. The standard InChI is InChI=1S/C26H56N3/c1-20(2,3)27(21(4,5)6)26(19,28(22(7,8)9)23(10,11)12)29(24(13,14)15)25(16,17)18/h19H2,1-18H3. The highest BCUT2D eigenvalue weighted by molar-refractivity contribution is 5.12. The largest absolute Gasteiger partial charge is 0.263 e. The molecule has 0 aromatic carbocycles. The highest BCUT2D eigenvalue weighted by atomic mass is 15.6. The molecule has 29 heavy (non-hydrogen) atoms. The van der Waals surface area contributed by atoms with Crippen molar-refractivity contribution in [2.75, 3.05) is 0 Å². The van der Waals surface area contributed by atoms with E-state index in [1.54, 1.807) is 0 Å². The molecule has 0 unspecified atom stereocenters. The number of hydrogen-bond donors (Lipinski definition) is 0. The van der Waals surface area contributed by atoms with Crippen LogP contribution in [0.4, 0.5) is 0 Å². The van der Waals surface area contributed by atoms with Gasteiger partial charge in [-0.25, -0.2) is 0 Å². The first-order chi connectivity index (χ1) is 12.1. The van der Waals surface area contributed by atoms with Crippen molar-refractivity contribution in [3.8, 4) is 0 Å². The van der Waals surface area contributed by atoms with Gasteiger partial charge in [-0.15, -0.1) is 0 Å². The lowest BCUT2D eigenvalue weighted by Crippen LogP contribution is -2.84. The predicted octanol–water partition coefficient (Wildman–Crippen LogP) is 7.17. The third kappa shape index (κ3) is 6.43. The highest BCUT2D eigenvalue weighted by Crippen LogP contribution is 2.48. The molecule has 1 radical (unpaired) electrons. The Kier molecular flexibility index (Phi) is 7.75. The minimum Gasteiger partial charge on any atom is -0.263 e. The van der Waals surface area contributed by atoms with Gasteiger partial charge in [-0.2, -0.15) is 0 Å². The molecule has 0 spiro atoms. The van der Waals surface area contributed by atoms with Crippen molar-refractivity contribution in [2.24, 2.45) is 0 Å². The quantitative estimate of drug-likeness (QED) is 0.456. The third-order valence-corrected chi connectivity index (χ3v) is 5.10. The van der Waals surface area contributed by atoms with Crippen molar-refractivity contribution in [1.82, 2.24) is 14.7 Å². The van der Waals surface area contributed by atoms with Crippen molar-refractivity contribution in [1.29, 1.82) is 0 Å². The summed E-state index contributed by atoms with van der Waals surface area (Å²) in [5, 5.41) is 0. The Morgan fingerprint density at radius 2 is 0.414 bits per heavy atom. The first kappa shape index (κ1) is 28.9. The molecule has 0 aliphatic carbocycles. The smallest absolute Gasteiger partial charge is 0.133 e. The van der Waals surface area contributed by atoms with E-state index in [0.717, 1.165) is 0 Å². The highest BCUT2D eigenvalue weighted by Gasteiger charge is 2.60. The van der Waals surface area contributed by atoms with Crippen molar-refractivity contribution < 1.29 is 0 Å². The molecule has 0 fully saturated rings. The molecule has 0 atom stereocenters. The van der Waals surface area contributed by atoms with Crippen molar-refractivity contribution >= 4 is 0 Å². The Hall–Kier alpha value is -0.120. The Labute approximate surface area is 185 Å². The maximum atomic E-state index is 5.15. The van der Waals surface area contributed by atoms with Crippen LogP contribution in [0, 0.1) is 6.92 Å². The topological polar surface area (TPSA) is 9.72 Å². The molecular weight excluding hydrogens is 354 g/mol. The van der Waals surface area contributed by atoms with Gasteiger partial charge in [0.15, 0.2) is 0 Å². The van der Waals surface area contributed by atoms with E-state index < -0.39 is 5.79 Å². The SMILES string of the molecule is [CH2]C(N(C(C)(C)C)C(C)(C)C)(N(C(C)(C)C)C(C)(C)C)N(C(C)(C)C)C(C)(C)C. The summed E-state index contributed by atoms with van der Waals surface area (Å²) in [6, 6.07) is 0. The fraction of sp³-hybridized carbons (Fsp3) is 0.962. The maximum absolute atomic E-state index is 5.15. The lowest BCUT2D eigenvalue weighted by atomic mass is 9.83. The summed E-state index contributed by atoms with van der Waals surface area (Å²) in [5.74, 6) is -0.594. The molecule has 3 heteroatoms. The average molecular weight is 411 g/mol. The van der Waals surface area contributed by atoms with Crippen LogP contribution in [0.15, 0.2) is 0 Å². The summed E-state index contributed by atoms with van der Waals surface area (Å²) in [4.78, 5) is 7.92. The summed E-state index contributed by atoms with van der Waals surface area (Å²) >= 11 is 0. The molecule has 0 aromatic heterocycles. The minimum absolute atomic E-state index is 0.0937. The average Bonchev–Trinajstić information content (AvgIpc) is 2.11. The minimum atomic E-state index is -0.594. The van der Waals surface area contributed by atoms with Gasteiger partial charge in [-0.05, 0) is 132 Å². The van der Waals surface area contributed by atoms with Gasteiger partial charge < -0.3 is 0 Å². The lowest BCUT2D eigenvalue weighted by Gasteiger charge is -2.71. The van der Waals surface area contributed by atoms with Gasteiger partial charge in [0.05, 0.1) is 0 Å². The van der Waals surface area contributed by atoms with Gasteiger partial charge in [0.1, 0.15) is 5.79 Å². The first-order valence-electron chi connectivity index (χ1n) is 11.4. The summed E-state index contributed by atoms with van der Waals surface area (Å²) in [6.45, 7) is 47.0. The molecule has 0 rings (SSSR count). The van der Waals surface area contributed by atoms with Crippen molar-refractivity contribution in [2.45, 2.75) is 164 Å². The first-order valence-corrected chi connectivity index (χ1v) is 11.4. The van der Waals surface area contributed by atoms with Gasteiger partial charge in [0.2, 0.25) is 0 Å². The van der Waals surface area contributed by atoms with Crippen LogP contribution in [0.5, 0.6) is 0 Å². The second-order valence-electron chi connectivity index (χ2n) is 14.8. The molecule has 0 saturated heterocycles. The van der Waals surface area contributed by atoms with Crippen LogP contribution in [-0.4, -0.2) is 53.7 Å².